The fourth-order valence-electron chi connectivity index (χ4n) is 8.48. The van der Waals surface area contributed by atoms with Crippen LogP contribution in [-0.2, 0) is 18.7 Å². The van der Waals surface area contributed by atoms with Crippen molar-refractivity contribution < 1.29 is 18.7 Å². The summed E-state index contributed by atoms with van der Waals surface area (Å²) in [5.41, 5.74) is 0.270. The number of carbonyl (C=O) groups excluding carboxylic acids is 1. The summed E-state index contributed by atoms with van der Waals surface area (Å²) >= 11 is 0. The lowest BCUT2D eigenvalue weighted by molar-refractivity contribution is -0.245. The summed E-state index contributed by atoms with van der Waals surface area (Å²) in [7, 11) is -1.78. The Hall–Kier alpha value is -0.233. The maximum atomic E-state index is 13.8. The average Bonchev–Trinajstić information content (AvgIpc) is 3.28. The van der Waals surface area contributed by atoms with Gasteiger partial charge in [-0.15, -0.1) is 0 Å². The summed E-state index contributed by atoms with van der Waals surface area (Å²) in [4.78, 5) is 13.8. The highest BCUT2D eigenvalue weighted by molar-refractivity contribution is 6.74. The van der Waals surface area contributed by atoms with Gasteiger partial charge in [0.25, 0.3) is 0 Å². The van der Waals surface area contributed by atoms with Crippen molar-refractivity contribution in [1.29, 1.82) is 0 Å². The SMILES string of the molecule is CC(C)(C)[Si](C)(C)OC1CC[C@@]2(C)C(CC(=O)C3C2CC[C@@]2(C)C3CCC23OCCO3)C1. The zero-order valence-electron chi connectivity index (χ0n) is 21.6. The van der Waals surface area contributed by atoms with Crippen LogP contribution in [0.1, 0.15) is 86.0 Å². The second-order valence-electron chi connectivity index (χ2n) is 13.8. The van der Waals surface area contributed by atoms with E-state index in [9.17, 15) is 4.79 Å². The van der Waals surface area contributed by atoms with Crippen molar-refractivity contribution in [3.8, 4) is 0 Å². The molecule has 0 bridgehead atoms. The number of hydrogen-bond acceptors (Lipinski definition) is 4. The minimum absolute atomic E-state index is 0.00777. The first-order chi connectivity index (χ1) is 14.8. The predicted octanol–water partition coefficient (Wildman–Crippen LogP) is 6.34. The molecule has 5 rings (SSSR count). The van der Waals surface area contributed by atoms with Crippen LogP contribution in [0.25, 0.3) is 0 Å². The lowest BCUT2D eigenvalue weighted by Gasteiger charge is -2.61. The minimum Gasteiger partial charge on any atom is -0.414 e. The maximum Gasteiger partial charge on any atom is 0.192 e. The van der Waals surface area contributed by atoms with Gasteiger partial charge >= 0.3 is 0 Å². The number of Topliss-reactive ketones (excluding diaryl/α,β-unsaturated/α-hetero) is 1. The standard InChI is InChI=1S/C27H46O4Si/c1-24(2,3)32(6,7)31-19-8-11-25(4)18(16-19)17-22(28)23-20(25)9-12-26(5)21(23)10-13-27(26)29-14-15-30-27/h18-21,23H,8-17H2,1-7H3/t18?,19?,20?,21?,23?,25-,26-/m0/s1. The van der Waals surface area contributed by atoms with E-state index in [-0.39, 0.29) is 21.8 Å². The molecule has 7 atom stereocenters. The van der Waals surface area contributed by atoms with E-state index in [2.05, 4.69) is 47.7 Å². The average molecular weight is 463 g/mol. The molecule has 182 valence electrons. The van der Waals surface area contributed by atoms with E-state index in [0.717, 1.165) is 44.9 Å². The molecule has 0 aromatic heterocycles. The molecule has 1 spiro atoms. The maximum absolute atomic E-state index is 13.8. The highest BCUT2D eigenvalue weighted by Gasteiger charge is 2.69. The zero-order valence-corrected chi connectivity index (χ0v) is 22.6. The van der Waals surface area contributed by atoms with Crippen molar-refractivity contribution in [2.75, 3.05) is 13.2 Å². The number of carbonyl (C=O) groups is 1. The fraction of sp³-hybridized carbons (Fsp3) is 0.963. The molecule has 1 heterocycles. The second kappa shape index (κ2) is 7.38. The molecule has 32 heavy (non-hydrogen) atoms. The van der Waals surface area contributed by atoms with Gasteiger partial charge in [0.05, 0.1) is 13.2 Å². The van der Waals surface area contributed by atoms with Crippen LogP contribution in [0.15, 0.2) is 0 Å². The number of ether oxygens (including phenoxy) is 2. The molecule has 1 saturated heterocycles. The van der Waals surface area contributed by atoms with Crippen molar-refractivity contribution in [2.45, 2.75) is 116 Å². The Morgan fingerprint density at radius 1 is 0.969 bits per heavy atom. The van der Waals surface area contributed by atoms with Gasteiger partial charge in [-0.05, 0) is 79.8 Å². The third kappa shape index (κ3) is 3.20. The monoisotopic (exact) mass is 462 g/mol. The van der Waals surface area contributed by atoms with Gasteiger partial charge in [-0.25, -0.2) is 0 Å². The van der Waals surface area contributed by atoms with Crippen LogP contribution < -0.4 is 0 Å². The first-order valence-corrected chi connectivity index (χ1v) is 16.2. The van der Waals surface area contributed by atoms with Crippen LogP contribution in [0.5, 0.6) is 0 Å². The third-order valence-electron chi connectivity index (χ3n) is 11.5. The van der Waals surface area contributed by atoms with Crippen molar-refractivity contribution >= 4 is 14.1 Å². The summed E-state index contributed by atoms with van der Waals surface area (Å²) in [6.45, 7) is 18.0. The Morgan fingerprint density at radius 3 is 2.28 bits per heavy atom. The van der Waals surface area contributed by atoms with Crippen LogP contribution in [-0.4, -0.2) is 39.2 Å². The predicted molar refractivity (Wildman–Crippen MR) is 129 cm³/mol. The lowest BCUT2D eigenvalue weighted by atomic mass is 9.44. The highest BCUT2D eigenvalue weighted by Crippen LogP contribution is 2.69. The molecular formula is C27H46O4Si. The molecule has 0 aromatic rings. The van der Waals surface area contributed by atoms with Gasteiger partial charge in [0, 0.05) is 30.3 Å². The molecule has 5 aliphatic rings. The van der Waals surface area contributed by atoms with Crippen LogP contribution in [0.3, 0.4) is 0 Å². The van der Waals surface area contributed by atoms with Crippen molar-refractivity contribution in [3.63, 3.8) is 0 Å². The van der Waals surface area contributed by atoms with Crippen molar-refractivity contribution in [3.05, 3.63) is 0 Å². The molecular weight excluding hydrogens is 416 g/mol. The Kier molecular flexibility index (Phi) is 5.42. The molecule has 0 amide bonds. The molecule has 4 nitrogen and oxygen atoms in total. The Bertz CT molecular complexity index is 766. The molecule has 0 N–H and O–H groups in total. The molecule has 5 unspecified atom stereocenters. The Balaban J connectivity index is 1.36. The molecule has 4 saturated carbocycles. The summed E-state index contributed by atoms with van der Waals surface area (Å²) < 4.78 is 19.4. The largest absolute Gasteiger partial charge is 0.414 e. The van der Waals surface area contributed by atoms with Crippen LogP contribution in [0.2, 0.25) is 18.1 Å². The summed E-state index contributed by atoms with van der Waals surface area (Å²) in [6.07, 6.45) is 8.89. The van der Waals surface area contributed by atoms with Gasteiger partial charge in [-0.2, -0.15) is 0 Å². The number of ketones is 1. The molecule has 4 aliphatic carbocycles. The van der Waals surface area contributed by atoms with E-state index in [4.69, 9.17) is 13.9 Å². The minimum atomic E-state index is -1.78. The van der Waals surface area contributed by atoms with Gasteiger partial charge in [0.1, 0.15) is 5.78 Å². The summed E-state index contributed by atoms with van der Waals surface area (Å²) in [5, 5.41) is 0.234. The van der Waals surface area contributed by atoms with Gasteiger partial charge in [0.2, 0.25) is 0 Å². The molecule has 5 heteroatoms. The van der Waals surface area contributed by atoms with Gasteiger partial charge in [-0.1, -0.05) is 34.6 Å². The van der Waals surface area contributed by atoms with E-state index in [1.54, 1.807) is 0 Å². The molecule has 0 aromatic carbocycles. The number of rotatable bonds is 2. The highest BCUT2D eigenvalue weighted by atomic mass is 28.4. The molecule has 1 aliphatic heterocycles. The van der Waals surface area contributed by atoms with Gasteiger partial charge < -0.3 is 13.9 Å². The fourth-order valence-corrected chi connectivity index (χ4v) is 9.88. The van der Waals surface area contributed by atoms with Crippen molar-refractivity contribution in [1.82, 2.24) is 0 Å². The van der Waals surface area contributed by atoms with Crippen LogP contribution >= 0.6 is 0 Å². The van der Waals surface area contributed by atoms with E-state index < -0.39 is 14.1 Å². The normalized spacial score (nSPS) is 46.1. The van der Waals surface area contributed by atoms with Crippen LogP contribution in [0, 0.1) is 34.5 Å². The Morgan fingerprint density at radius 2 is 1.62 bits per heavy atom. The second-order valence-corrected chi connectivity index (χ2v) is 18.6. The topological polar surface area (TPSA) is 44.8 Å². The van der Waals surface area contributed by atoms with E-state index >= 15 is 0 Å². The smallest absolute Gasteiger partial charge is 0.192 e. The summed E-state index contributed by atoms with van der Waals surface area (Å²) in [6, 6.07) is 0. The zero-order chi connectivity index (χ0) is 23.2. The Labute approximate surface area is 196 Å². The third-order valence-corrected chi connectivity index (χ3v) is 16.0. The van der Waals surface area contributed by atoms with E-state index in [1.165, 1.54) is 6.42 Å². The van der Waals surface area contributed by atoms with Gasteiger partial charge in [-0.3, -0.25) is 4.79 Å². The number of fused-ring (bicyclic) bond motifs is 6. The van der Waals surface area contributed by atoms with E-state index in [0.29, 0.717) is 42.9 Å². The summed E-state index contributed by atoms with van der Waals surface area (Å²) in [5.74, 6) is 1.76. The first-order valence-electron chi connectivity index (χ1n) is 13.3. The molecule has 5 fully saturated rings. The lowest BCUT2D eigenvalue weighted by Crippen LogP contribution is -2.60. The van der Waals surface area contributed by atoms with Crippen molar-refractivity contribution in [2.24, 2.45) is 34.5 Å². The van der Waals surface area contributed by atoms with E-state index in [1.807, 2.05) is 0 Å². The number of hydrogen-bond donors (Lipinski definition) is 0. The van der Waals surface area contributed by atoms with Crippen LogP contribution in [0.4, 0.5) is 0 Å². The first kappa shape index (κ1) is 23.5. The quantitative estimate of drug-likeness (QED) is 0.449. The molecule has 0 radical (unpaired) electrons. The van der Waals surface area contributed by atoms with Gasteiger partial charge in [0.15, 0.2) is 14.1 Å².